The lowest BCUT2D eigenvalue weighted by atomic mass is 10.2. The number of carbonyl (C=O) groups excluding carboxylic acids is 1. The predicted molar refractivity (Wildman–Crippen MR) is 80.3 cm³/mol. The van der Waals surface area contributed by atoms with Crippen molar-refractivity contribution in [3.8, 4) is 17.2 Å². The predicted octanol–water partition coefficient (Wildman–Crippen LogP) is 3.46. The molecule has 0 saturated heterocycles. The minimum atomic E-state index is -0.120. The summed E-state index contributed by atoms with van der Waals surface area (Å²) in [6.45, 7) is 1.47. The minimum absolute atomic E-state index is 0.120. The van der Waals surface area contributed by atoms with Crippen LogP contribution in [0.3, 0.4) is 0 Å². The number of carbonyl (C=O) groups is 1. The van der Waals surface area contributed by atoms with Crippen LogP contribution >= 0.6 is 0 Å². The zero-order valence-corrected chi connectivity index (χ0v) is 11.7. The van der Waals surface area contributed by atoms with Crippen LogP contribution in [0.5, 0.6) is 5.75 Å². The van der Waals surface area contributed by atoms with Crippen LogP contribution in [0.2, 0.25) is 0 Å². The fourth-order valence-electron chi connectivity index (χ4n) is 2.09. The fourth-order valence-corrected chi connectivity index (χ4v) is 2.09. The third-order valence-corrected chi connectivity index (χ3v) is 3.02. The molecule has 1 aromatic heterocycles. The molecule has 0 unspecified atom stereocenters. The fraction of sp³-hybridized carbons (Fsp3) is 0.125. The van der Waals surface area contributed by atoms with E-state index in [0.717, 1.165) is 11.3 Å². The first-order valence-electron chi connectivity index (χ1n) is 6.48. The van der Waals surface area contributed by atoms with E-state index in [-0.39, 0.29) is 5.91 Å². The molecule has 0 aliphatic heterocycles. The van der Waals surface area contributed by atoms with Gasteiger partial charge < -0.3 is 14.5 Å². The van der Waals surface area contributed by atoms with Crippen molar-refractivity contribution >= 4 is 22.7 Å². The molecule has 0 aliphatic rings. The molecule has 0 radical (unpaired) electrons. The first-order chi connectivity index (χ1) is 10.2. The molecular weight excluding hydrogens is 268 g/mol. The van der Waals surface area contributed by atoms with Crippen LogP contribution in [-0.2, 0) is 4.79 Å². The molecule has 1 heterocycles. The van der Waals surface area contributed by atoms with Gasteiger partial charge in [0.05, 0.1) is 7.11 Å². The van der Waals surface area contributed by atoms with Crippen molar-refractivity contribution in [3.63, 3.8) is 0 Å². The maximum absolute atomic E-state index is 11.1. The Kier molecular flexibility index (Phi) is 3.31. The summed E-state index contributed by atoms with van der Waals surface area (Å²) in [5, 5.41) is 2.72. The van der Waals surface area contributed by atoms with Crippen molar-refractivity contribution in [3.05, 3.63) is 42.5 Å². The van der Waals surface area contributed by atoms with Crippen LogP contribution in [0.15, 0.2) is 46.9 Å². The number of fused-ring (bicyclic) bond motifs is 1. The van der Waals surface area contributed by atoms with Crippen LogP contribution in [0.4, 0.5) is 5.69 Å². The molecule has 106 valence electrons. The maximum atomic E-state index is 11.1. The minimum Gasteiger partial charge on any atom is -0.497 e. The number of nitrogens with one attached hydrogen (secondary N) is 1. The van der Waals surface area contributed by atoms with Crippen molar-refractivity contribution in [2.75, 3.05) is 12.4 Å². The van der Waals surface area contributed by atoms with Crippen LogP contribution in [0.25, 0.3) is 22.6 Å². The lowest BCUT2D eigenvalue weighted by Gasteiger charge is -2.00. The SMILES string of the molecule is COc1cccc(-c2nc3cc(NC(C)=O)ccc3o2)c1. The zero-order valence-electron chi connectivity index (χ0n) is 11.7. The van der Waals surface area contributed by atoms with Crippen molar-refractivity contribution < 1.29 is 13.9 Å². The first kappa shape index (κ1) is 13.2. The number of rotatable bonds is 3. The lowest BCUT2D eigenvalue weighted by molar-refractivity contribution is -0.114. The number of benzene rings is 2. The summed E-state index contributed by atoms with van der Waals surface area (Å²) in [7, 11) is 1.62. The number of ether oxygens (including phenoxy) is 1. The molecule has 0 bridgehead atoms. The van der Waals surface area contributed by atoms with E-state index in [2.05, 4.69) is 10.3 Å². The van der Waals surface area contributed by atoms with Crippen molar-refractivity contribution in [2.45, 2.75) is 6.92 Å². The summed E-state index contributed by atoms with van der Waals surface area (Å²) in [6, 6.07) is 12.9. The Morgan fingerprint density at radius 2 is 2.10 bits per heavy atom. The van der Waals surface area contributed by atoms with Gasteiger partial charge in [0, 0.05) is 18.2 Å². The van der Waals surface area contributed by atoms with Gasteiger partial charge in [0.25, 0.3) is 0 Å². The second-order valence-corrected chi connectivity index (χ2v) is 4.61. The molecule has 5 heteroatoms. The van der Waals surface area contributed by atoms with Gasteiger partial charge in [-0.3, -0.25) is 4.79 Å². The van der Waals surface area contributed by atoms with Crippen LogP contribution < -0.4 is 10.1 Å². The summed E-state index contributed by atoms with van der Waals surface area (Å²) in [5.41, 5.74) is 2.90. The van der Waals surface area contributed by atoms with Gasteiger partial charge in [-0.05, 0) is 36.4 Å². The average molecular weight is 282 g/mol. The Bertz CT molecular complexity index is 808. The van der Waals surface area contributed by atoms with E-state index in [1.165, 1.54) is 6.92 Å². The van der Waals surface area contributed by atoms with E-state index in [1.807, 2.05) is 24.3 Å². The van der Waals surface area contributed by atoms with E-state index in [4.69, 9.17) is 9.15 Å². The van der Waals surface area contributed by atoms with Crippen LogP contribution in [0.1, 0.15) is 6.92 Å². The van der Waals surface area contributed by atoms with Crippen molar-refractivity contribution in [1.29, 1.82) is 0 Å². The third-order valence-electron chi connectivity index (χ3n) is 3.02. The Morgan fingerprint density at radius 1 is 1.24 bits per heavy atom. The number of methoxy groups -OCH3 is 1. The van der Waals surface area contributed by atoms with E-state index in [0.29, 0.717) is 22.7 Å². The molecule has 2 aromatic carbocycles. The first-order valence-corrected chi connectivity index (χ1v) is 6.48. The highest BCUT2D eigenvalue weighted by Crippen LogP contribution is 2.28. The van der Waals surface area contributed by atoms with E-state index < -0.39 is 0 Å². The van der Waals surface area contributed by atoms with Crippen molar-refractivity contribution in [2.24, 2.45) is 0 Å². The van der Waals surface area contributed by atoms with Crippen LogP contribution in [0, 0.1) is 0 Å². The van der Waals surface area contributed by atoms with Gasteiger partial charge in [0.1, 0.15) is 11.3 Å². The largest absolute Gasteiger partial charge is 0.497 e. The molecular formula is C16H14N2O3. The number of hydrogen-bond donors (Lipinski definition) is 1. The normalized spacial score (nSPS) is 10.6. The van der Waals surface area contributed by atoms with E-state index in [9.17, 15) is 4.79 Å². The summed E-state index contributed by atoms with van der Waals surface area (Å²) in [4.78, 5) is 15.5. The average Bonchev–Trinajstić information content (AvgIpc) is 2.90. The standard InChI is InChI=1S/C16H14N2O3/c1-10(19)17-12-6-7-15-14(9-12)18-16(21-15)11-4-3-5-13(8-11)20-2/h3-9H,1-2H3,(H,17,19). The van der Waals surface area contributed by atoms with Gasteiger partial charge in [-0.1, -0.05) is 6.07 Å². The zero-order chi connectivity index (χ0) is 14.8. The molecule has 1 N–H and O–H groups in total. The second-order valence-electron chi connectivity index (χ2n) is 4.61. The molecule has 0 saturated carbocycles. The maximum Gasteiger partial charge on any atom is 0.227 e. The number of aromatic nitrogens is 1. The Balaban J connectivity index is 2.02. The second kappa shape index (κ2) is 5.28. The van der Waals surface area contributed by atoms with Gasteiger partial charge in [-0.2, -0.15) is 0 Å². The summed E-state index contributed by atoms with van der Waals surface area (Å²) in [5.74, 6) is 1.14. The summed E-state index contributed by atoms with van der Waals surface area (Å²) >= 11 is 0. The van der Waals surface area contributed by atoms with E-state index >= 15 is 0 Å². The molecule has 3 aromatic rings. The quantitative estimate of drug-likeness (QED) is 0.799. The van der Waals surface area contributed by atoms with Gasteiger partial charge in [0.15, 0.2) is 5.58 Å². The van der Waals surface area contributed by atoms with Gasteiger partial charge in [0.2, 0.25) is 11.8 Å². The van der Waals surface area contributed by atoms with Gasteiger partial charge >= 0.3 is 0 Å². The third kappa shape index (κ3) is 2.72. The van der Waals surface area contributed by atoms with Crippen LogP contribution in [-0.4, -0.2) is 18.0 Å². The Labute approximate surface area is 121 Å². The Morgan fingerprint density at radius 3 is 2.86 bits per heavy atom. The number of anilines is 1. The van der Waals surface area contributed by atoms with Gasteiger partial charge in [-0.25, -0.2) is 4.98 Å². The molecule has 0 fully saturated rings. The molecule has 1 amide bonds. The molecule has 0 atom stereocenters. The lowest BCUT2D eigenvalue weighted by Crippen LogP contribution is -2.05. The summed E-state index contributed by atoms with van der Waals surface area (Å²) < 4.78 is 10.9. The number of nitrogens with zero attached hydrogens (tertiary/aromatic N) is 1. The highest BCUT2D eigenvalue weighted by Gasteiger charge is 2.10. The molecule has 3 rings (SSSR count). The smallest absolute Gasteiger partial charge is 0.227 e. The molecule has 5 nitrogen and oxygen atoms in total. The number of amides is 1. The molecule has 0 spiro atoms. The highest BCUT2D eigenvalue weighted by molar-refractivity contribution is 5.91. The highest BCUT2D eigenvalue weighted by atomic mass is 16.5. The van der Waals surface area contributed by atoms with Gasteiger partial charge in [-0.15, -0.1) is 0 Å². The molecule has 21 heavy (non-hydrogen) atoms. The Hall–Kier alpha value is -2.82. The van der Waals surface area contributed by atoms with E-state index in [1.54, 1.807) is 25.3 Å². The monoisotopic (exact) mass is 282 g/mol. The summed E-state index contributed by atoms with van der Waals surface area (Å²) in [6.07, 6.45) is 0. The molecule has 0 aliphatic carbocycles. The number of oxazole rings is 1. The van der Waals surface area contributed by atoms with Crippen molar-refractivity contribution in [1.82, 2.24) is 4.98 Å². The number of hydrogen-bond acceptors (Lipinski definition) is 4. The topological polar surface area (TPSA) is 64.4 Å².